The van der Waals surface area contributed by atoms with Crippen LogP contribution in [0.1, 0.15) is 56.4 Å². The summed E-state index contributed by atoms with van der Waals surface area (Å²) in [6.45, 7) is 0.567. The third kappa shape index (κ3) is 4.84. The topological polar surface area (TPSA) is 121 Å². The maximum Gasteiger partial charge on any atom is 0.298 e. The molecular weight excluding hydrogens is 594 g/mol. The van der Waals surface area contributed by atoms with Crippen molar-refractivity contribution in [1.29, 1.82) is 5.26 Å². The Kier molecular flexibility index (Phi) is 7.04. The van der Waals surface area contributed by atoms with Crippen molar-refractivity contribution in [2.24, 2.45) is 5.92 Å². The summed E-state index contributed by atoms with van der Waals surface area (Å²) in [5.74, 6) is -4.00. The highest BCUT2D eigenvalue weighted by molar-refractivity contribution is 6.13. The number of hydrogen-bond acceptors (Lipinski definition) is 6. The van der Waals surface area contributed by atoms with Crippen LogP contribution in [0.4, 0.5) is 20.2 Å². The highest BCUT2D eigenvalue weighted by atomic mass is 19.3. The molecule has 1 saturated heterocycles. The summed E-state index contributed by atoms with van der Waals surface area (Å²) >= 11 is 0. The Morgan fingerprint density at radius 2 is 1.70 bits per heavy atom. The smallest absolute Gasteiger partial charge is 0.298 e. The first-order valence-electron chi connectivity index (χ1n) is 14.8. The van der Waals surface area contributed by atoms with Gasteiger partial charge in [0.25, 0.3) is 17.7 Å². The van der Waals surface area contributed by atoms with E-state index in [0.29, 0.717) is 18.0 Å². The molecule has 3 aromatic carbocycles. The van der Waals surface area contributed by atoms with Crippen molar-refractivity contribution in [3.8, 4) is 11.8 Å². The van der Waals surface area contributed by atoms with Gasteiger partial charge in [-0.05, 0) is 43.2 Å². The molecule has 4 aromatic rings. The molecule has 10 nitrogen and oxygen atoms in total. The third-order valence-corrected chi connectivity index (χ3v) is 8.83. The number of alkyl halides is 2. The molecule has 2 fully saturated rings. The molecular formula is C34H28F2N6O4. The van der Waals surface area contributed by atoms with E-state index < -0.39 is 29.8 Å². The quantitative estimate of drug-likeness (QED) is 0.311. The molecule has 1 aliphatic carbocycles. The Hall–Kier alpha value is -5.57. The lowest BCUT2D eigenvalue weighted by atomic mass is 9.99. The number of aromatic nitrogens is 2. The van der Waals surface area contributed by atoms with Gasteiger partial charge in [0.1, 0.15) is 11.8 Å². The van der Waals surface area contributed by atoms with Gasteiger partial charge in [-0.1, -0.05) is 42.5 Å². The molecule has 2 atom stereocenters. The summed E-state index contributed by atoms with van der Waals surface area (Å²) in [5, 5.41) is 16.7. The predicted molar refractivity (Wildman–Crippen MR) is 163 cm³/mol. The number of nitrogens with zero attached hydrogens (tertiary/aromatic N) is 5. The molecule has 0 radical (unpaired) electrons. The van der Waals surface area contributed by atoms with Gasteiger partial charge in [-0.3, -0.25) is 24.0 Å². The van der Waals surface area contributed by atoms with Crippen molar-refractivity contribution >= 4 is 29.1 Å². The van der Waals surface area contributed by atoms with E-state index in [9.17, 15) is 19.6 Å². The van der Waals surface area contributed by atoms with E-state index >= 15 is 8.78 Å². The SMILES string of the molecule is COc1ccc(C(=O)Nc2cnn3c2C(=O)N(c2ccc(C(F)(F)c4ccccc4)cc2)[C@H]2CN(C(=O)C4CC4)C[C@H]23)cc1C#N. The van der Waals surface area contributed by atoms with Gasteiger partial charge >= 0.3 is 0 Å². The second-order valence-corrected chi connectivity index (χ2v) is 11.6. The molecule has 0 spiro atoms. The van der Waals surface area contributed by atoms with E-state index in [1.165, 1.54) is 72.8 Å². The van der Waals surface area contributed by atoms with Crippen LogP contribution < -0.4 is 15.0 Å². The second-order valence-electron chi connectivity index (χ2n) is 11.6. The summed E-state index contributed by atoms with van der Waals surface area (Å²) in [7, 11) is 1.42. The number of likely N-dealkylation sites (tertiary alicyclic amines) is 1. The van der Waals surface area contributed by atoms with Crippen molar-refractivity contribution in [2.45, 2.75) is 30.8 Å². The first-order valence-corrected chi connectivity index (χ1v) is 14.8. The Bertz CT molecular complexity index is 1900. The number of amides is 3. The lowest BCUT2D eigenvalue weighted by Crippen LogP contribution is -2.51. The Labute approximate surface area is 262 Å². The normalized spacial score (nSPS) is 18.9. The van der Waals surface area contributed by atoms with E-state index in [-0.39, 0.29) is 52.0 Å². The van der Waals surface area contributed by atoms with Gasteiger partial charge in [0.05, 0.1) is 36.6 Å². The van der Waals surface area contributed by atoms with Crippen molar-refractivity contribution in [3.63, 3.8) is 0 Å². The number of halogens is 2. The van der Waals surface area contributed by atoms with Crippen molar-refractivity contribution in [2.75, 3.05) is 30.4 Å². The predicted octanol–water partition coefficient (Wildman–Crippen LogP) is 4.98. The number of carbonyl (C=O) groups excluding carboxylic acids is 3. The Morgan fingerprint density at radius 1 is 1.00 bits per heavy atom. The second kappa shape index (κ2) is 11.1. The number of nitrogens with one attached hydrogen (secondary N) is 1. The van der Waals surface area contributed by atoms with Gasteiger partial charge in [0.2, 0.25) is 5.91 Å². The van der Waals surface area contributed by atoms with E-state index in [2.05, 4.69) is 10.4 Å². The van der Waals surface area contributed by atoms with E-state index in [1.54, 1.807) is 27.8 Å². The molecule has 2 aliphatic heterocycles. The van der Waals surface area contributed by atoms with Crippen LogP contribution in [0.5, 0.6) is 5.75 Å². The number of rotatable bonds is 7. The van der Waals surface area contributed by atoms with Crippen LogP contribution in [-0.4, -0.2) is 58.6 Å². The minimum absolute atomic E-state index is 0.0229. The fraction of sp³-hybridized carbons (Fsp3) is 0.265. The van der Waals surface area contributed by atoms with Gasteiger partial charge in [-0.2, -0.15) is 19.1 Å². The lowest BCUT2D eigenvalue weighted by molar-refractivity contribution is -0.131. The molecule has 12 heteroatoms. The lowest BCUT2D eigenvalue weighted by Gasteiger charge is -2.37. The van der Waals surface area contributed by atoms with Crippen LogP contribution in [0, 0.1) is 17.2 Å². The molecule has 1 aromatic heterocycles. The van der Waals surface area contributed by atoms with Gasteiger partial charge in [0, 0.05) is 41.4 Å². The zero-order valence-electron chi connectivity index (χ0n) is 24.7. The van der Waals surface area contributed by atoms with Gasteiger partial charge in [0.15, 0.2) is 5.69 Å². The van der Waals surface area contributed by atoms with Crippen LogP contribution >= 0.6 is 0 Å². The molecule has 0 bridgehead atoms. The molecule has 0 unspecified atom stereocenters. The number of carbonyl (C=O) groups is 3. The van der Waals surface area contributed by atoms with Gasteiger partial charge < -0.3 is 15.0 Å². The highest BCUT2D eigenvalue weighted by Crippen LogP contribution is 2.42. The molecule has 7 rings (SSSR count). The molecule has 232 valence electrons. The van der Waals surface area contributed by atoms with Crippen molar-refractivity contribution < 1.29 is 27.9 Å². The number of fused-ring (bicyclic) bond motifs is 3. The van der Waals surface area contributed by atoms with E-state index in [0.717, 1.165) is 12.8 Å². The summed E-state index contributed by atoms with van der Waals surface area (Å²) in [4.78, 5) is 43.9. The molecule has 3 aliphatic rings. The highest BCUT2D eigenvalue weighted by Gasteiger charge is 2.50. The number of methoxy groups -OCH3 is 1. The van der Waals surface area contributed by atoms with Crippen LogP contribution in [0.15, 0.2) is 79.0 Å². The zero-order valence-corrected chi connectivity index (χ0v) is 24.7. The molecule has 1 N–H and O–H groups in total. The fourth-order valence-corrected chi connectivity index (χ4v) is 6.30. The monoisotopic (exact) mass is 622 g/mol. The van der Waals surface area contributed by atoms with Crippen LogP contribution in [0.3, 0.4) is 0 Å². The van der Waals surface area contributed by atoms with Crippen molar-refractivity contribution in [3.05, 3.63) is 107 Å². The molecule has 46 heavy (non-hydrogen) atoms. The first kappa shape index (κ1) is 29.2. The summed E-state index contributed by atoms with van der Waals surface area (Å²) in [6, 6.07) is 18.5. The minimum atomic E-state index is -3.25. The van der Waals surface area contributed by atoms with Gasteiger partial charge in [-0.15, -0.1) is 0 Å². The maximum absolute atomic E-state index is 15.3. The number of nitriles is 1. The zero-order chi connectivity index (χ0) is 32.2. The molecule has 3 heterocycles. The minimum Gasteiger partial charge on any atom is -0.495 e. The number of hydrogen-bond donors (Lipinski definition) is 1. The summed E-state index contributed by atoms with van der Waals surface area (Å²) in [6.07, 6.45) is 3.04. The average Bonchev–Trinajstić information content (AvgIpc) is 3.71. The van der Waals surface area contributed by atoms with Crippen LogP contribution in [-0.2, 0) is 10.7 Å². The molecule has 1 saturated carbocycles. The van der Waals surface area contributed by atoms with E-state index in [4.69, 9.17) is 4.74 Å². The third-order valence-electron chi connectivity index (χ3n) is 8.83. The Morgan fingerprint density at radius 3 is 2.37 bits per heavy atom. The maximum atomic E-state index is 15.3. The Balaban J connectivity index is 1.23. The fourth-order valence-electron chi connectivity index (χ4n) is 6.30. The number of anilines is 2. The molecule has 3 amide bonds. The largest absolute Gasteiger partial charge is 0.495 e. The van der Waals surface area contributed by atoms with Crippen LogP contribution in [0.25, 0.3) is 0 Å². The van der Waals surface area contributed by atoms with Gasteiger partial charge in [-0.25, -0.2) is 0 Å². The number of benzene rings is 3. The first-order chi connectivity index (χ1) is 22.2. The van der Waals surface area contributed by atoms with Crippen LogP contribution in [0.2, 0.25) is 0 Å². The van der Waals surface area contributed by atoms with E-state index in [1.807, 2.05) is 6.07 Å². The van der Waals surface area contributed by atoms with Crippen molar-refractivity contribution in [1.82, 2.24) is 14.7 Å². The average molecular weight is 623 g/mol. The summed E-state index contributed by atoms with van der Waals surface area (Å²) in [5.41, 5.74) is 0.596. The standard InChI is InChI=1S/C34H28F2N6O4/c1-46-29-14-9-21(15-22(29)16-37)31(43)39-26-17-38-42-28-19-40(32(44)20-7-8-20)18-27(28)41(33(45)30(26)42)25-12-10-24(11-13-25)34(35,36)23-5-3-2-4-6-23/h2-6,9-15,17,20,27-28H,7-8,18-19H2,1H3,(H,39,43)/t27-,28+/m0/s1. The number of ether oxygens (including phenoxy) is 1. The summed E-state index contributed by atoms with van der Waals surface area (Å²) < 4.78 is 37.4.